The average molecular weight is 529 g/mol. The van der Waals surface area contributed by atoms with E-state index < -0.39 is 111 Å². The Morgan fingerprint density at radius 2 is 1.28 bits per heavy atom. The van der Waals surface area contributed by atoms with Crippen LogP contribution in [0.5, 0.6) is 0 Å². The lowest BCUT2D eigenvalue weighted by Crippen LogP contribution is -2.68. The molecule has 3 aliphatic heterocycles. The molecule has 1 amide bonds. The van der Waals surface area contributed by atoms with Crippen LogP contribution < -0.4 is 5.32 Å². The lowest BCUT2D eigenvalue weighted by Gasteiger charge is -2.48. The first kappa shape index (κ1) is 29.5. The molecule has 0 aromatic rings. The van der Waals surface area contributed by atoms with Crippen molar-refractivity contribution in [1.29, 1.82) is 0 Å². The summed E-state index contributed by atoms with van der Waals surface area (Å²) >= 11 is 0. The highest BCUT2D eigenvalue weighted by atomic mass is 16.7. The molecule has 210 valence electrons. The molecule has 3 rings (SSSR count). The first-order valence-electron chi connectivity index (χ1n) is 11.4. The molecule has 3 aliphatic rings. The zero-order chi connectivity index (χ0) is 26.9. The van der Waals surface area contributed by atoms with Crippen LogP contribution in [0.2, 0.25) is 0 Å². The SMILES string of the molecule is CC(=O)N[C@@H]1[C@@H](O[C@@H]2O[C@H](CO)[C@H](O[C@@H]3O[C@@H](C)[C@H](O)[C@@H](O)[C@H]3O)[C@H](O)[C@H]2O)[C@@H](O)[C@@H](CO)O[C@@H]1O. The van der Waals surface area contributed by atoms with E-state index in [1.807, 2.05) is 0 Å². The average Bonchev–Trinajstić information content (AvgIpc) is 2.84. The minimum absolute atomic E-state index is 0.620. The molecule has 16 heteroatoms. The van der Waals surface area contributed by atoms with Gasteiger partial charge >= 0.3 is 0 Å². The molecule has 0 unspecified atom stereocenters. The van der Waals surface area contributed by atoms with Gasteiger partial charge in [-0.25, -0.2) is 0 Å². The van der Waals surface area contributed by atoms with Crippen LogP contribution in [0.15, 0.2) is 0 Å². The molecule has 0 aliphatic carbocycles. The van der Waals surface area contributed by atoms with E-state index in [1.54, 1.807) is 0 Å². The number of hydrogen-bond donors (Lipinski definition) is 10. The van der Waals surface area contributed by atoms with Crippen molar-refractivity contribution < 1.29 is 74.4 Å². The van der Waals surface area contributed by atoms with E-state index in [4.69, 9.17) is 23.7 Å². The number of carbonyl (C=O) groups excluding carboxylic acids is 1. The number of nitrogens with one attached hydrogen (secondary N) is 1. The van der Waals surface area contributed by atoms with Crippen molar-refractivity contribution >= 4 is 5.91 Å². The van der Waals surface area contributed by atoms with Crippen LogP contribution in [0.3, 0.4) is 0 Å². The number of ether oxygens (including phenoxy) is 5. The van der Waals surface area contributed by atoms with Gasteiger partial charge in [-0.15, -0.1) is 0 Å². The minimum Gasteiger partial charge on any atom is -0.394 e. The number of hydrogen-bond acceptors (Lipinski definition) is 15. The van der Waals surface area contributed by atoms with Crippen LogP contribution in [0.4, 0.5) is 0 Å². The monoisotopic (exact) mass is 529 g/mol. The standard InChI is InChI=1S/C20H35NO15/c1-5-10(25)12(27)14(29)19(32-5)35-16-8(4-23)34-20(15(30)13(16)28)36-17-9(21-6(2)24)18(31)33-7(3-22)11(17)26/h5,7-20,22-23,25-31H,3-4H2,1-2H3,(H,21,24)/t5-,7+,8+,9+,10-,11-,12+,13+,14+,15+,16-,17+,18-,19-,20-/m0/s1. The van der Waals surface area contributed by atoms with Crippen molar-refractivity contribution in [3.63, 3.8) is 0 Å². The van der Waals surface area contributed by atoms with Gasteiger partial charge in [0.05, 0.1) is 19.3 Å². The number of aliphatic hydroxyl groups is 9. The zero-order valence-corrected chi connectivity index (χ0v) is 19.5. The highest BCUT2D eigenvalue weighted by Crippen LogP contribution is 2.32. The van der Waals surface area contributed by atoms with Crippen LogP contribution >= 0.6 is 0 Å². The number of amides is 1. The third-order valence-electron chi connectivity index (χ3n) is 6.45. The first-order chi connectivity index (χ1) is 16.9. The highest BCUT2D eigenvalue weighted by Gasteiger charge is 2.53. The Morgan fingerprint density at radius 1 is 0.722 bits per heavy atom. The van der Waals surface area contributed by atoms with Crippen LogP contribution in [0.1, 0.15) is 13.8 Å². The Labute approximate surface area is 205 Å². The van der Waals surface area contributed by atoms with E-state index in [9.17, 15) is 50.8 Å². The van der Waals surface area contributed by atoms with Gasteiger partial charge in [-0.2, -0.15) is 0 Å². The third-order valence-corrected chi connectivity index (χ3v) is 6.45. The summed E-state index contributed by atoms with van der Waals surface area (Å²) in [6.07, 6.45) is -21.8. The summed E-state index contributed by atoms with van der Waals surface area (Å²) in [6, 6.07) is -1.37. The second-order valence-corrected chi connectivity index (χ2v) is 9.05. The molecule has 10 N–H and O–H groups in total. The second kappa shape index (κ2) is 12.2. The smallest absolute Gasteiger partial charge is 0.217 e. The summed E-state index contributed by atoms with van der Waals surface area (Å²) < 4.78 is 27.1. The van der Waals surface area contributed by atoms with Gasteiger partial charge in [0.25, 0.3) is 0 Å². The van der Waals surface area contributed by atoms with Gasteiger partial charge in [0.2, 0.25) is 5.91 Å². The van der Waals surface area contributed by atoms with E-state index in [-0.39, 0.29) is 0 Å². The van der Waals surface area contributed by atoms with Gasteiger partial charge in [0.1, 0.15) is 67.1 Å². The third kappa shape index (κ3) is 5.97. The Balaban J connectivity index is 1.76. The lowest BCUT2D eigenvalue weighted by atomic mass is 9.95. The molecule has 0 aromatic carbocycles. The fourth-order valence-corrected chi connectivity index (χ4v) is 4.40. The topological polar surface area (TPSA) is 257 Å². The van der Waals surface area contributed by atoms with Crippen molar-refractivity contribution in [3.05, 3.63) is 0 Å². The highest BCUT2D eigenvalue weighted by molar-refractivity contribution is 5.73. The summed E-state index contributed by atoms with van der Waals surface area (Å²) in [4.78, 5) is 11.6. The maximum Gasteiger partial charge on any atom is 0.217 e. The van der Waals surface area contributed by atoms with Crippen molar-refractivity contribution in [2.75, 3.05) is 13.2 Å². The van der Waals surface area contributed by atoms with Gasteiger partial charge in [0, 0.05) is 6.92 Å². The molecule has 3 saturated heterocycles. The maximum atomic E-state index is 11.6. The Morgan fingerprint density at radius 3 is 1.86 bits per heavy atom. The Kier molecular flexibility index (Phi) is 9.97. The second-order valence-electron chi connectivity index (χ2n) is 9.05. The molecule has 16 nitrogen and oxygen atoms in total. The molecule has 3 heterocycles. The summed E-state index contributed by atoms with van der Waals surface area (Å²) in [5, 5.41) is 93.8. The van der Waals surface area contributed by atoms with E-state index in [2.05, 4.69) is 5.32 Å². The molecule has 36 heavy (non-hydrogen) atoms. The number of aliphatic hydroxyl groups excluding tert-OH is 9. The van der Waals surface area contributed by atoms with Crippen molar-refractivity contribution in [1.82, 2.24) is 5.32 Å². The minimum atomic E-state index is -1.88. The van der Waals surface area contributed by atoms with E-state index >= 15 is 0 Å². The molecule has 0 saturated carbocycles. The fourth-order valence-electron chi connectivity index (χ4n) is 4.40. The van der Waals surface area contributed by atoms with Gasteiger partial charge in [0.15, 0.2) is 18.9 Å². The maximum absolute atomic E-state index is 11.6. The van der Waals surface area contributed by atoms with E-state index in [0.29, 0.717) is 0 Å². The summed E-state index contributed by atoms with van der Waals surface area (Å²) in [7, 11) is 0. The molecule has 0 radical (unpaired) electrons. The van der Waals surface area contributed by atoms with E-state index in [0.717, 1.165) is 6.92 Å². The summed E-state index contributed by atoms with van der Waals surface area (Å²) in [5.41, 5.74) is 0. The quantitative estimate of drug-likeness (QED) is 0.147. The first-order valence-corrected chi connectivity index (χ1v) is 11.4. The molecule has 0 spiro atoms. The molecule has 15 atom stereocenters. The summed E-state index contributed by atoms with van der Waals surface area (Å²) in [5.74, 6) is -0.620. The fraction of sp³-hybridized carbons (Fsp3) is 0.950. The molecule has 0 bridgehead atoms. The van der Waals surface area contributed by atoms with Gasteiger partial charge in [-0.1, -0.05) is 0 Å². The van der Waals surface area contributed by atoms with Crippen LogP contribution in [0.25, 0.3) is 0 Å². The van der Waals surface area contributed by atoms with Crippen molar-refractivity contribution in [2.45, 2.75) is 106 Å². The molecular formula is C20H35NO15. The summed E-state index contributed by atoms with van der Waals surface area (Å²) in [6.45, 7) is 1.03. The largest absolute Gasteiger partial charge is 0.394 e. The van der Waals surface area contributed by atoms with Crippen LogP contribution in [-0.2, 0) is 28.5 Å². The van der Waals surface area contributed by atoms with Crippen LogP contribution in [-0.4, -0.2) is 157 Å². The number of carbonyl (C=O) groups is 1. The molecular weight excluding hydrogens is 494 g/mol. The van der Waals surface area contributed by atoms with Gasteiger partial charge in [-0.3, -0.25) is 4.79 Å². The van der Waals surface area contributed by atoms with Gasteiger partial charge < -0.3 is 75.0 Å². The normalized spacial score (nSPS) is 50.0. The Hall–Kier alpha value is -1.09. The molecule has 3 fully saturated rings. The van der Waals surface area contributed by atoms with E-state index in [1.165, 1.54) is 6.92 Å². The van der Waals surface area contributed by atoms with Crippen molar-refractivity contribution in [3.8, 4) is 0 Å². The lowest BCUT2D eigenvalue weighted by molar-refractivity contribution is -0.370. The number of rotatable bonds is 7. The predicted molar refractivity (Wildman–Crippen MR) is 111 cm³/mol. The molecule has 0 aromatic heterocycles. The van der Waals surface area contributed by atoms with Crippen LogP contribution in [0, 0.1) is 0 Å². The van der Waals surface area contributed by atoms with Crippen molar-refractivity contribution in [2.24, 2.45) is 0 Å². The zero-order valence-electron chi connectivity index (χ0n) is 19.5. The van der Waals surface area contributed by atoms with Gasteiger partial charge in [-0.05, 0) is 6.92 Å². The predicted octanol–water partition coefficient (Wildman–Crippen LogP) is -6.40. The Bertz CT molecular complexity index is 729.